The van der Waals surface area contributed by atoms with Crippen LogP contribution in [0, 0.1) is 0 Å². The molecule has 0 spiro atoms. The maximum Gasteiger partial charge on any atom is 0.152 e. The normalized spacial score (nSPS) is 11.0. The SMILES string of the molecule is CC(=O)C=Cc1cccc2cccnc12. The van der Waals surface area contributed by atoms with Gasteiger partial charge in [0.05, 0.1) is 5.52 Å². The summed E-state index contributed by atoms with van der Waals surface area (Å²) in [5, 5.41) is 1.09. The number of hydrogen-bond acceptors (Lipinski definition) is 2. The molecule has 1 aromatic carbocycles. The van der Waals surface area contributed by atoms with Crippen LogP contribution >= 0.6 is 0 Å². The molecule has 1 heterocycles. The number of hydrogen-bond donors (Lipinski definition) is 0. The molecule has 0 saturated carbocycles. The van der Waals surface area contributed by atoms with Gasteiger partial charge in [-0.25, -0.2) is 0 Å². The Bertz CT molecular complexity index is 524. The van der Waals surface area contributed by atoms with Gasteiger partial charge in [-0.2, -0.15) is 0 Å². The molecule has 0 unspecified atom stereocenters. The molecule has 2 aromatic rings. The van der Waals surface area contributed by atoms with Crippen molar-refractivity contribution in [2.45, 2.75) is 6.92 Å². The molecular formula is C13H11NO. The lowest BCUT2D eigenvalue weighted by atomic mass is 10.1. The number of nitrogens with zero attached hydrogens (tertiary/aromatic N) is 1. The van der Waals surface area contributed by atoms with Crippen molar-refractivity contribution in [1.82, 2.24) is 4.98 Å². The highest BCUT2D eigenvalue weighted by Crippen LogP contribution is 2.16. The highest BCUT2D eigenvalue weighted by atomic mass is 16.1. The van der Waals surface area contributed by atoms with Gasteiger partial charge in [0.25, 0.3) is 0 Å². The van der Waals surface area contributed by atoms with E-state index in [0.29, 0.717) is 0 Å². The highest BCUT2D eigenvalue weighted by Gasteiger charge is 1.97. The zero-order valence-corrected chi connectivity index (χ0v) is 8.47. The van der Waals surface area contributed by atoms with Gasteiger partial charge in [0.2, 0.25) is 0 Å². The Morgan fingerprint density at radius 3 is 2.87 bits per heavy atom. The third-order valence-electron chi connectivity index (χ3n) is 2.16. The zero-order chi connectivity index (χ0) is 10.7. The molecule has 2 rings (SSSR count). The number of rotatable bonds is 2. The average molecular weight is 197 g/mol. The van der Waals surface area contributed by atoms with Crippen LogP contribution in [0.4, 0.5) is 0 Å². The molecule has 0 saturated heterocycles. The van der Waals surface area contributed by atoms with Gasteiger partial charge >= 0.3 is 0 Å². The van der Waals surface area contributed by atoms with Crippen LogP contribution < -0.4 is 0 Å². The van der Waals surface area contributed by atoms with E-state index < -0.39 is 0 Å². The first-order valence-electron chi connectivity index (χ1n) is 4.80. The molecule has 15 heavy (non-hydrogen) atoms. The molecule has 0 aliphatic carbocycles. The quantitative estimate of drug-likeness (QED) is 0.693. The van der Waals surface area contributed by atoms with E-state index in [4.69, 9.17) is 0 Å². The number of aromatic nitrogens is 1. The number of pyridine rings is 1. The van der Waals surface area contributed by atoms with Gasteiger partial charge in [-0.05, 0) is 25.1 Å². The fourth-order valence-corrected chi connectivity index (χ4v) is 1.47. The Kier molecular flexibility index (Phi) is 2.59. The third-order valence-corrected chi connectivity index (χ3v) is 2.16. The van der Waals surface area contributed by atoms with Crippen molar-refractivity contribution >= 4 is 22.8 Å². The van der Waals surface area contributed by atoms with E-state index in [1.807, 2.05) is 30.3 Å². The van der Waals surface area contributed by atoms with Crippen LogP contribution in [0.3, 0.4) is 0 Å². The van der Waals surface area contributed by atoms with Crippen LogP contribution in [0.2, 0.25) is 0 Å². The van der Waals surface area contributed by atoms with Gasteiger partial charge in [-0.15, -0.1) is 0 Å². The van der Waals surface area contributed by atoms with Crippen molar-refractivity contribution in [2.75, 3.05) is 0 Å². The summed E-state index contributed by atoms with van der Waals surface area (Å²) < 4.78 is 0. The Balaban J connectivity index is 2.56. The molecule has 0 amide bonds. The van der Waals surface area contributed by atoms with Crippen molar-refractivity contribution in [3.8, 4) is 0 Å². The zero-order valence-electron chi connectivity index (χ0n) is 8.47. The Hall–Kier alpha value is -1.96. The molecule has 0 aliphatic rings. The van der Waals surface area contributed by atoms with E-state index in [2.05, 4.69) is 4.98 Å². The number of carbonyl (C=O) groups is 1. The highest BCUT2D eigenvalue weighted by molar-refractivity contribution is 5.95. The van der Waals surface area contributed by atoms with Crippen molar-refractivity contribution in [3.05, 3.63) is 48.2 Å². The maximum absolute atomic E-state index is 10.8. The minimum atomic E-state index is 0.0444. The Morgan fingerprint density at radius 2 is 2.07 bits per heavy atom. The van der Waals surface area contributed by atoms with Gasteiger partial charge < -0.3 is 0 Å². The van der Waals surface area contributed by atoms with Crippen molar-refractivity contribution in [2.24, 2.45) is 0 Å². The molecule has 0 atom stereocenters. The number of para-hydroxylation sites is 1. The largest absolute Gasteiger partial charge is 0.295 e. The van der Waals surface area contributed by atoms with Crippen LogP contribution in [0.1, 0.15) is 12.5 Å². The predicted molar refractivity (Wildman–Crippen MR) is 61.5 cm³/mol. The number of allylic oxidation sites excluding steroid dienone is 1. The van der Waals surface area contributed by atoms with E-state index in [9.17, 15) is 4.79 Å². The number of carbonyl (C=O) groups excluding carboxylic acids is 1. The van der Waals surface area contributed by atoms with Crippen molar-refractivity contribution in [3.63, 3.8) is 0 Å². The first-order valence-corrected chi connectivity index (χ1v) is 4.80. The van der Waals surface area contributed by atoms with Gasteiger partial charge in [0, 0.05) is 17.1 Å². The average Bonchev–Trinajstić information content (AvgIpc) is 2.26. The molecule has 0 fully saturated rings. The molecule has 0 aliphatic heterocycles. The van der Waals surface area contributed by atoms with Crippen LogP contribution in [0.25, 0.3) is 17.0 Å². The topological polar surface area (TPSA) is 30.0 Å². The molecule has 1 aromatic heterocycles. The molecule has 0 radical (unpaired) electrons. The minimum absolute atomic E-state index is 0.0444. The van der Waals surface area contributed by atoms with Gasteiger partial charge in [-0.1, -0.05) is 24.3 Å². The fourth-order valence-electron chi connectivity index (χ4n) is 1.47. The van der Waals surface area contributed by atoms with Crippen LogP contribution in [-0.4, -0.2) is 10.8 Å². The molecule has 2 heteroatoms. The molecule has 74 valence electrons. The summed E-state index contributed by atoms with van der Waals surface area (Å²) in [6.45, 7) is 1.54. The van der Waals surface area contributed by atoms with E-state index in [0.717, 1.165) is 16.5 Å². The van der Waals surface area contributed by atoms with Crippen LogP contribution in [-0.2, 0) is 4.79 Å². The first-order chi connectivity index (χ1) is 7.27. The summed E-state index contributed by atoms with van der Waals surface area (Å²) in [6, 6.07) is 9.83. The smallest absolute Gasteiger partial charge is 0.152 e. The summed E-state index contributed by atoms with van der Waals surface area (Å²) in [5.41, 5.74) is 1.90. The number of benzene rings is 1. The van der Waals surface area contributed by atoms with Crippen LogP contribution in [0.5, 0.6) is 0 Å². The lowest BCUT2D eigenvalue weighted by molar-refractivity contribution is -0.112. The van der Waals surface area contributed by atoms with Gasteiger partial charge in [-0.3, -0.25) is 9.78 Å². The molecule has 2 nitrogen and oxygen atoms in total. The van der Waals surface area contributed by atoms with E-state index in [-0.39, 0.29) is 5.78 Å². The monoisotopic (exact) mass is 197 g/mol. The Labute approximate surface area is 88.3 Å². The predicted octanol–water partition coefficient (Wildman–Crippen LogP) is 2.84. The van der Waals surface area contributed by atoms with E-state index >= 15 is 0 Å². The number of fused-ring (bicyclic) bond motifs is 1. The van der Waals surface area contributed by atoms with Crippen LogP contribution in [0.15, 0.2) is 42.6 Å². The second-order valence-electron chi connectivity index (χ2n) is 3.37. The lowest BCUT2D eigenvalue weighted by Gasteiger charge is -1.99. The molecule has 0 bridgehead atoms. The summed E-state index contributed by atoms with van der Waals surface area (Å²) >= 11 is 0. The second kappa shape index (κ2) is 4.05. The molecule has 0 N–H and O–H groups in total. The summed E-state index contributed by atoms with van der Waals surface area (Å²) in [6.07, 6.45) is 5.12. The minimum Gasteiger partial charge on any atom is -0.295 e. The number of ketones is 1. The van der Waals surface area contributed by atoms with E-state index in [1.54, 1.807) is 18.3 Å². The van der Waals surface area contributed by atoms with Crippen molar-refractivity contribution in [1.29, 1.82) is 0 Å². The maximum atomic E-state index is 10.8. The fraction of sp³-hybridized carbons (Fsp3) is 0.0769. The molecular weight excluding hydrogens is 186 g/mol. The van der Waals surface area contributed by atoms with Gasteiger partial charge in [0.15, 0.2) is 5.78 Å². The summed E-state index contributed by atoms with van der Waals surface area (Å²) in [5.74, 6) is 0.0444. The summed E-state index contributed by atoms with van der Waals surface area (Å²) in [4.78, 5) is 15.1. The first kappa shape index (κ1) is 9.59. The lowest BCUT2D eigenvalue weighted by Crippen LogP contribution is -1.84. The Morgan fingerprint density at radius 1 is 1.27 bits per heavy atom. The second-order valence-corrected chi connectivity index (χ2v) is 3.37. The van der Waals surface area contributed by atoms with Gasteiger partial charge in [0.1, 0.15) is 0 Å². The third kappa shape index (κ3) is 2.10. The standard InChI is InChI=1S/C13H11NO/c1-10(15)7-8-12-5-2-4-11-6-3-9-14-13(11)12/h2-9H,1H3. The van der Waals surface area contributed by atoms with Crippen molar-refractivity contribution < 1.29 is 4.79 Å². The summed E-state index contributed by atoms with van der Waals surface area (Å²) in [7, 11) is 0. The van der Waals surface area contributed by atoms with E-state index in [1.165, 1.54) is 6.92 Å².